The Morgan fingerprint density at radius 1 is 1.55 bits per heavy atom. The van der Waals surface area contributed by atoms with Crippen molar-refractivity contribution in [1.82, 2.24) is 10.2 Å². The van der Waals surface area contributed by atoms with E-state index < -0.39 is 5.97 Å². The zero-order valence-electron chi connectivity index (χ0n) is 6.55. The first-order valence-electron chi connectivity index (χ1n) is 3.94. The van der Waals surface area contributed by atoms with Crippen molar-refractivity contribution < 1.29 is 9.90 Å². The van der Waals surface area contributed by atoms with Crippen LogP contribution >= 0.6 is 0 Å². The van der Waals surface area contributed by atoms with Crippen molar-refractivity contribution in [2.75, 3.05) is 26.3 Å². The second-order valence-corrected chi connectivity index (χ2v) is 2.81. The van der Waals surface area contributed by atoms with Crippen molar-refractivity contribution in [1.29, 1.82) is 0 Å². The summed E-state index contributed by atoms with van der Waals surface area (Å²) in [5, 5.41) is 11.7. The third kappa shape index (κ3) is 3.34. The summed E-state index contributed by atoms with van der Waals surface area (Å²) in [7, 11) is 0. The number of aliphatic carboxylic acids is 1. The Labute approximate surface area is 66.2 Å². The van der Waals surface area contributed by atoms with E-state index in [1.807, 2.05) is 4.90 Å². The third-order valence-corrected chi connectivity index (χ3v) is 1.77. The van der Waals surface area contributed by atoms with Crippen molar-refractivity contribution in [3.63, 3.8) is 0 Å². The van der Waals surface area contributed by atoms with Gasteiger partial charge in [-0.1, -0.05) is 0 Å². The second-order valence-electron chi connectivity index (χ2n) is 2.81. The molecule has 0 aliphatic carbocycles. The normalized spacial score (nSPS) is 21.1. The molecule has 0 aromatic rings. The van der Waals surface area contributed by atoms with Crippen LogP contribution in [0.4, 0.5) is 0 Å². The Morgan fingerprint density at radius 3 is 3.09 bits per heavy atom. The lowest BCUT2D eigenvalue weighted by molar-refractivity contribution is -0.138. The van der Waals surface area contributed by atoms with Crippen LogP contribution in [0.2, 0.25) is 0 Å². The fourth-order valence-electron chi connectivity index (χ4n) is 1.23. The van der Waals surface area contributed by atoms with E-state index >= 15 is 0 Å². The van der Waals surface area contributed by atoms with Gasteiger partial charge in [-0.25, -0.2) is 0 Å². The molecule has 0 amide bonds. The molecular formula is C7H14N2O2. The van der Waals surface area contributed by atoms with E-state index in [0.717, 1.165) is 25.9 Å². The Kier molecular flexibility index (Phi) is 3.32. The second kappa shape index (κ2) is 4.31. The number of carbonyl (C=O) groups is 1. The molecule has 1 saturated heterocycles. The van der Waals surface area contributed by atoms with Crippen LogP contribution in [0.15, 0.2) is 0 Å². The van der Waals surface area contributed by atoms with Gasteiger partial charge in [0.15, 0.2) is 0 Å². The number of carboxylic acid groups (broad SMARTS) is 1. The predicted octanol–water partition coefficient (Wildman–Crippen LogP) is -0.286. The first-order valence-corrected chi connectivity index (χ1v) is 3.94. The number of hydrogen-bond donors (Lipinski definition) is 2. The topological polar surface area (TPSA) is 52.6 Å². The first kappa shape index (κ1) is 8.49. The molecule has 4 heteroatoms. The minimum Gasteiger partial charge on any atom is -0.480 e. The highest BCUT2D eigenvalue weighted by atomic mass is 16.4. The van der Waals surface area contributed by atoms with Gasteiger partial charge in [0.1, 0.15) is 0 Å². The monoisotopic (exact) mass is 158 g/mol. The van der Waals surface area contributed by atoms with Crippen LogP contribution in [0.3, 0.4) is 0 Å². The lowest BCUT2D eigenvalue weighted by Gasteiger charge is -2.16. The van der Waals surface area contributed by atoms with Crippen LogP contribution in [-0.2, 0) is 4.79 Å². The van der Waals surface area contributed by atoms with Crippen LogP contribution in [0.5, 0.6) is 0 Å². The van der Waals surface area contributed by atoms with Gasteiger partial charge in [0.25, 0.3) is 0 Å². The lowest BCUT2D eigenvalue weighted by atomic mass is 10.3. The van der Waals surface area contributed by atoms with Crippen LogP contribution in [0, 0.1) is 0 Å². The van der Waals surface area contributed by atoms with Gasteiger partial charge in [-0.3, -0.25) is 9.69 Å². The van der Waals surface area contributed by atoms with Crippen molar-refractivity contribution in [3.8, 4) is 0 Å². The van der Waals surface area contributed by atoms with Crippen molar-refractivity contribution in [2.45, 2.75) is 12.8 Å². The number of nitrogens with zero attached hydrogens (tertiary/aromatic N) is 1. The van der Waals surface area contributed by atoms with E-state index in [4.69, 9.17) is 5.11 Å². The van der Waals surface area contributed by atoms with E-state index in [1.165, 1.54) is 0 Å². The summed E-state index contributed by atoms with van der Waals surface area (Å²) in [4.78, 5) is 12.2. The molecule has 0 bridgehead atoms. The van der Waals surface area contributed by atoms with E-state index in [9.17, 15) is 4.79 Å². The summed E-state index contributed by atoms with van der Waals surface area (Å²) < 4.78 is 0. The first-order chi connectivity index (χ1) is 5.29. The summed E-state index contributed by atoms with van der Waals surface area (Å²) in [6.07, 6.45) is 2.25. The van der Waals surface area contributed by atoms with Gasteiger partial charge in [-0.15, -0.1) is 0 Å². The highest BCUT2D eigenvalue weighted by Crippen LogP contribution is 1.97. The summed E-state index contributed by atoms with van der Waals surface area (Å²) in [5.74, 6) is -0.742. The molecule has 1 rings (SSSR count). The highest BCUT2D eigenvalue weighted by molar-refractivity contribution is 5.69. The molecular weight excluding hydrogens is 144 g/mol. The highest BCUT2D eigenvalue weighted by Gasteiger charge is 2.10. The van der Waals surface area contributed by atoms with E-state index in [2.05, 4.69) is 5.32 Å². The molecule has 2 N–H and O–H groups in total. The minimum absolute atomic E-state index is 0.160. The van der Waals surface area contributed by atoms with Crippen molar-refractivity contribution in [3.05, 3.63) is 0 Å². The Hall–Kier alpha value is -0.610. The van der Waals surface area contributed by atoms with Gasteiger partial charge in [0.05, 0.1) is 6.54 Å². The summed E-state index contributed by atoms with van der Waals surface area (Å²) in [5.41, 5.74) is 0. The molecule has 1 fully saturated rings. The smallest absolute Gasteiger partial charge is 0.317 e. The van der Waals surface area contributed by atoms with Crippen molar-refractivity contribution in [2.24, 2.45) is 0 Å². The molecule has 64 valence electrons. The SMILES string of the molecule is O=C(O)CN1CCCCNC1. The number of nitrogens with one attached hydrogen (secondary N) is 1. The predicted molar refractivity (Wildman–Crippen MR) is 41.3 cm³/mol. The summed E-state index contributed by atoms with van der Waals surface area (Å²) in [6, 6.07) is 0. The molecule has 0 spiro atoms. The van der Waals surface area contributed by atoms with Gasteiger partial charge in [0, 0.05) is 13.2 Å². The number of carboxylic acids is 1. The fraction of sp³-hybridized carbons (Fsp3) is 0.857. The summed E-state index contributed by atoms with van der Waals surface area (Å²) >= 11 is 0. The fourth-order valence-corrected chi connectivity index (χ4v) is 1.23. The molecule has 1 heterocycles. The molecule has 0 radical (unpaired) electrons. The molecule has 0 atom stereocenters. The molecule has 0 aromatic carbocycles. The van der Waals surface area contributed by atoms with Gasteiger partial charge >= 0.3 is 5.97 Å². The zero-order valence-corrected chi connectivity index (χ0v) is 6.55. The molecule has 11 heavy (non-hydrogen) atoms. The standard InChI is InChI=1S/C7H14N2O2/c10-7(11)5-9-4-2-1-3-8-6-9/h8H,1-6H2,(H,10,11). The van der Waals surface area contributed by atoms with Gasteiger partial charge < -0.3 is 10.4 Å². The maximum Gasteiger partial charge on any atom is 0.317 e. The molecule has 0 aromatic heterocycles. The zero-order chi connectivity index (χ0) is 8.10. The molecule has 1 aliphatic heterocycles. The Balaban J connectivity index is 2.25. The van der Waals surface area contributed by atoms with Crippen molar-refractivity contribution >= 4 is 5.97 Å². The minimum atomic E-state index is -0.742. The largest absolute Gasteiger partial charge is 0.480 e. The maximum atomic E-state index is 10.3. The van der Waals surface area contributed by atoms with Crippen LogP contribution in [-0.4, -0.2) is 42.3 Å². The average Bonchev–Trinajstić information content (AvgIpc) is 2.14. The Bertz CT molecular complexity index is 130. The average molecular weight is 158 g/mol. The number of hydrogen-bond acceptors (Lipinski definition) is 3. The van der Waals surface area contributed by atoms with Crippen LogP contribution < -0.4 is 5.32 Å². The quantitative estimate of drug-likeness (QED) is 0.580. The van der Waals surface area contributed by atoms with Crippen LogP contribution in [0.1, 0.15) is 12.8 Å². The maximum absolute atomic E-state index is 10.3. The van der Waals surface area contributed by atoms with Gasteiger partial charge in [-0.2, -0.15) is 0 Å². The van der Waals surface area contributed by atoms with Gasteiger partial charge in [-0.05, 0) is 19.4 Å². The summed E-state index contributed by atoms with van der Waals surface area (Å²) in [6.45, 7) is 2.79. The molecule has 0 unspecified atom stereocenters. The van der Waals surface area contributed by atoms with Crippen LogP contribution in [0.25, 0.3) is 0 Å². The van der Waals surface area contributed by atoms with E-state index in [-0.39, 0.29) is 6.54 Å². The third-order valence-electron chi connectivity index (χ3n) is 1.77. The molecule has 0 saturated carbocycles. The molecule has 1 aliphatic rings. The van der Waals surface area contributed by atoms with E-state index in [1.54, 1.807) is 0 Å². The Morgan fingerprint density at radius 2 is 2.36 bits per heavy atom. The van der Waals surface area contributed by atoms with E-state index in [0.29, 0.717) is 6.67 Å². The number of rotatable bonds is 2. The lowest BCUT2D eigenvalue weighted by Crippen LogP contribution is -2.36. The molecule has 4 nitrogen and oxygen atoms in total. The van der Waals surface area contributed by atoms with Gasteiger partial charge in [0.2, 0.25) is 0 Å².